The third-order valence-corrected chi connectivity index (χ3v) is 9.29. The van der Waals surface area contributed by atoms with E-state index in [1.54, 1.807) is 20.8 Å². The van der Waals surface area contributed by atoms with E-state index in [1.165, 1.54) is 47.4 Å². The Morgan fingerprint density at radius 1 is 1.05 bits per heavy atom. The lowest BCUT2D eigenvalue weighted by Gasteiger charge is -2.20. The van der Waals surface area contributed by atoms with Gasteiger partial charge in [0.2, 0.25) is 27.4 Å². The SMILES string of the molecule is Cc1cc(Oc2c(F)cccc2F)ncc1-n1ncc(C(=O)c2cc3cc(F)c(N4CC(C)(C)CS4(=O)=O)cc3[nH]2)c1N. The average Bonchev–Trinajstić information content (AvgIpc) is 3.57. The molecule has 43 heavy (non-hydrogen) atoms. The Morgan fingerprint density at radius 2 is 1.77 bits per heavy atom. The van der Waals surface area contributed by atoms with Crippen LogP contribution in [0.3, 0.4) is 0 Å². The molecule has 1 fully saturated rings. The maximum absolute atomic E-state index is 15.1. The highest BCUT2D eigenvalue weighted by Crippen LogP contribution is 2.37. The Morgan fingerprint density at radius 3 is 2.42 bits per heavy atom. The first-order valence-electron chi connectivity index (χ1n) is 13.0. The van der Waals surface area contributed by atoms with Crippen LogP contribution in [-0.2, 0) is 10.0 Å². The third-order valence-electron chi connectivity index (χ3n) is 7.14. The first-order valence-corrected chi connectivity index (χ1v) is 14.6. The summed E-state index contributed by atoms with van der Waals surface area (Å²) in [5, 5.41) is 4.59. The minimum Gasteiger partial charge on any atom is -0.433 e. The lowest BCUT2D eigenvalue weighted by atomic mass is 9.96. The molecular formula is C29H25F3N6O4S. The Labute approximate surface area is 244 Å². The Kier molecular flexibility index (Phi) is 6.49. The number of ether oxygens (including phenoxy) is 1. The molecule has 3 N–H and O–H groups in total. The number of aryl methyl sites for hydroxylation is 1. The van der Waals surface area contributed by atoms with E-state index in [0.29, 0.717) is 22.2 Å². The molecule has 14 heteroatoms. The molecule has 2 aromatic carbocycles. The lowest BCUT2D eigenvalue weighted by molar-refractivity contribution is 0.103. The number of H-pyrrole nitrogens is 1. The van der Waals surface area contributed by atoms with Gasteiger partial charge in [-0.1, -0.05) is 19.9 Å². The highest BCUT2D eigenvalue weighted by atomic mass is 32.2. The van der Waals surface area contributed by atoms with Gasteiger partial charge in [0.15, 0.2) is 11.6 Å². The second kappa shape index (κ2) is 9.87. The van der Waals surface area contributed by atoms with Crippen molar-refractivity contribution >= 4 is 38.2 Å². The number of anilines is 2. The minimum absolute atomic E-state index is 0.0142. The number of rotatable bonds is 6. The van der Waals surface area contributed by atoms with E-state index >= 15 is 4.39 Å². The maximum atomic E-state index is 15.1. The fourth-order valence-electron chi connectivity index (χ4n) is 5.15. The predicted molar refractivity (Wildman–Crippen MR) is 154 cm³/mol. The van der Waals surface area contributed by atoms with E-state index in [4.69, 9.17) is 10.5 Å². The smallest absolute Gasteiger partial charge is 0.235 e. The molecule has 0 atom stereocenters. The molecule has 1 aliphatic rings. The number of aromatic nitrogens is 4. The minimum atomic E-state index is -3.71. The van der Waals surface area contributed by atoms with Gasteiger partial charge in [-0.3, -0.25) is 9.10 Å². The number of carbonyl (C=O) groups excluding carboxylic acids is 1. The van der Waals surface area contributed by atoms with Gasteiger partial charge in [0.25, 0.3) is 0 Å². The molecule has 0 spiro atoms. The molecule has 222 valence electrons. The number of benzene rings is 2. The molecule has 0 bridgehead atoms. The highest BCUT2D eigenvalue weighted by molar-refractivity contribution is 7.93. The zero-order chi connectivity index (χ0) is 30.8. The van der Waals surface area contributed by atoms with Gasteiger partial charge in [-0.15, -0.1) is 0 Å². The molecule has 10 nitrogen and oxygen atoms in total. The van der Waals surface area contributed by atoms with Crippen LogP contribution in [0.25, 0.3) is 16.6 Å². The zero-order valence-electron chi connectivity index (χ0n) is 23.2. The van der Waals surface area contributed by atoms with E-state index in [1.807, 2.05) is 0 Å². The second-order valence-electron chi connectivity index (χ2n) is 11.1. The quantitative estimate of drug-likeness (QED) is 0.251. The topological polar surface area (TPSA) is 136 Å². The maximum Gasteiger partial charge on any atom is 0.235 e. The van der Waals surface area contributed by atoms with Crippen LogP contribution < -0.4 is 14.8 Å². The summed E-state index contributed by atoms with van der Waals surface area (Å²) >= 11 is 0. The number of aromatic amines is 1. The summed E-state index contributed by atoms with van der Waals surface area (Å²) in [6.07, 6.45) is 2.61. The van der Waals surface area contributed by atoms with Gasteiger partial charge >= 0.3 is 0 Å². The van der Waals surface area contributed by atoms with Crippen LogP contribution in [-0.4, -0.2) is 46.2 Å². The molecule has 3 aromatic heterocycles. The zero-order valence-corrected chi connectivity index (χ0v) is 24.0. The fourth-order valence-corrected chi connectivity index (χ4v) is 7.37. The molecule has 0 amide bonds. The van der Waals surface area contributed by atoms with Gasteiger partial charge in [0, 0.05) is 23.5 Å². The summed E-state index contributed by atoms with van der Waals surface area (Å²) in [5.74, 6) is -3.81. The molecular weight excluding hydrogens is 585 g/mol. The standard InChI is InChI=1S/C29H25F3N6O4S/c1-15-7-25(42-27-18(30)5-4-6-19(27)31)34-12-24(15)38-28(33)17(11-35-38)26(39)22-9-16-8-20(32)23(10-21(16)36-22)37-13-29(2,3)14-43(37,40)41/h4-12,36H,13-14,33H2,1-3H3. The van der Waals surface area contributed by atoms with Crippen LogP contribution in [0.2, 0.25) is 0 Å². The van der Waals surface area contributed by atoms with Gasteiger partial charge in [-0.25, -0.2) is 31.3 Å². The van der Waals surface area contributed by atoms with Crippen molar-refractivity contribution in [1.29, 1.82) is 0 Å². The number of ketones is 1. The predicted octanol–water partition coefficient (Wildman–Crippen LogP) is 5.26. The first kappa shape index (κ1) is 28.3. The molecule has 0 unspecified atom stereocenters. The van der Waals surface area contributed by atoms with Crippen LogP contribution in [0.4, 0.5) is 24.7 Å². The summed E-state index contributed by atoms with van der Waals surface area (Å²) in [6, 6.07) is 8.77. The van der Waals surface area contributed by atoms with E-state index < -0.39 is 44.4 Å². The van der Waals surface area contributed by atoms with Crippen molar-refractivity contribution in [2.75, 3.05) is 22.3 Å². The van der Waals surface area contributed by atoms with E-state index in [0.717, 1.165) is 16.4 Å². The van der Waals surface area contributed by atoms with Crippen LogP contribution in [0, 0.1) is 29.8 Å². The average molecular weight is 611 g/mol. The number of hydrogen-bond acceptors (Lipinski definition) is 7. The Hall–Kier alpha value is -4.85. The number of nitrogens with one attached hydrogen (secondary N) is 1. The van der Waals surface area contributed by atoms with Crippen molar-refractivity contribution in [2.24, 2.45) is 5.41 Å². The van der Waals surface area contributed by atoms with Crippen molar-refractivity contribution in [3.05, 3.63) is 89.1 Å². The molecule has 1 aliphatic heterocycles. The molecule has 5 aromatic rings. The number of para-hydroxylation sites is 1. The summed E-state index contributed by atoms with van der Waals surface area (Å²) in [6.45, 7) is 5.39. The van der Waals surface area contributed by atoms with Gasteiger partial charge < -0.3 is 15.5 Å². The van der Waals surface area contributed by atoms with Crippen molar-refractivity contribution in [3.8, 4) is 17.3 Å². The lowest BCUT2D eigenvalue weighted by Crippen LogP contribution is -2.27. The molecule has 0 aliphatic carbocycles. The van der Waals surface area contributed by atoms with E-state index in [9.17, 15) is 22.0 Å². The third kappa shape index (κ3) is 4.96. The second-order valence-corrected chi connectivity index (χ2v) is 13.0. The van der Waals surface area contributed by atoms with Crippen LogP contribution in [0.1, 0.15) is 35.5 Å². The van der Waals surface area contributed by atoms with Crippen molar-refractivity contribution in [1.82, 2.24) is 19.7 Å². The molecule has 6 rings (SSSR count). The monoisotopic (exact) mass is 610 g/mol. The van der Waals surface area contributed by atoms with E-state index in [-0.39, 0.29) is 40.9 Å². The number of nitrogens with zero attached hydrogens (tertiary/aromatic N) is 4. The van der Waals surface area contributed by atoms with Gasteiger partial charge in [-0.2, -0.15) is 5.10 Å². The molecule has 0 saturated carbocycles. The number of carbonyl (C=O) groups is 1. The Balaban J connectivity index is 1.29. The number of hydrogen-bond donors (Lipinski definition) is 2. The number of nitrogen functional groups attached to an aromatic ring is 1. The summed E-state index contributed by atoms with van der Waals surface area (Å²) in [4.78, 5) is 20.5. The van der Waals surface area contributed by atoms with Crippen LogP contribution in [0.15, 0.2) is 54.9 Å². The number of nitrogens with two attached hydrogens (primary N) is 1. The number of halogens is 3. The molecule has 1 saturated heterocycles. The molecule has 4 heterocycles. The van der Waals surface area contributed by atoms with Gasteiger partial charge in [-0.05, 0) is 48.2 Å². The summed E-state index contributed by atoms with van der Waals surface area (Å²) in [7, 11) is -3.71. The van der Waals surface area contributed by atoms with Crippen molar-refractivity contribution in [2.45, 2.75) is 20.8 Å². The fraction of sp³-hybridized carbons (Fsp3) is 0.207. The van der Waals surface area contributed by atoms with Gasteiger partial charge in [0.1, 0.15) is 11.6 Å². The first-order chi connectivity index (χ1) is 20.2. The van der Waals surface area contributed by atoms with Crippen LogP contribution in [0.5, 0.6) is 11.6 Å². The van der Waals surface area contributed by atoms with Crippen molar-refractivity contribution in [3.63, 3.8) is 0 Å². The number of pyridine rings is 1. The van der Waals surface area contributed by atoms with Gasteiger partial charge in [0.05, 0.1) is 40.8 Å². The van der Waals surface area contributed by atoms with Crippen LogP contribution >= 0.6 is 0 Å². The number of fused-ring (bicyclic) bond motifs is 1. The summed E-state index contributed by atoms with van der Waals surface area (Å²) in [5.41, 5.74) is 7.07. The van der Waals surface area contributed by atoms with E-state index in [2.05, 4.69) is 15.1 Å². The largest absolute Gasteiger partial charge is 0.433 e. The normalized spacial score (nSPS) is 15.7. The highest BCUT2D eigenvalue weighted by Gasteiger charge is 2.42. The van der Waals surface area contributed by atoms with Crippen molar-refractivity contribution < 1.29 is 31.1 Å². The number of sulfonamides is 1. The molecule has 0 radical (unpaired) electrons. The Bertz CT molecular complexity index is 2030. The summed E-state index contributed by atoms with van der Waals surface area (Å²) < 4.78 is 76.1.